The van der Waals surface area contributed by atoms with Crippen LogP contribution in [0.3, 0.4) is 0 Å². The van der Waals surface area contributed by atoms with Crippen LogP contribution in [0.5, 0.6) is 5.75 Å². The first-order valence-corrected chi connectivity index (χ1v) is 8.96. The van der Waals surface area contributed by atoms with E-state index in [2.05, 4.69) is 37.4 Å². The second-order valence-corrected chi connectivity index (χ2v) is 6.89. The zero-order chi connectivity index (χ0) is 18.5. The number of halogens is 1. The molecule has 2 aromatic carbocycles. The van der Waals surface area contributed by atoms with E-state index < -0.39 is 0 Å². The van der Waals surface area contributed by atoms with Gasteiger partial charge < -0.3 is 10.1 Å². The summed E-state index contributed by atoms with van der Waals surface area (Å²) < 4.78 is 8.17. The first kappa shape index (κ1) is 18.1. The third-order valence-electron chi connectivity index (χ3n) is 3.69. The van der Waals surface area contributed by atoms with Crippen LogP contribution in [-0.2, 0) is 4.79 Å². The van der Waals surface area contributed by atoms with Crippen LogP contribution in [0, 0.1) is 13.8 Å². The van der Waals surface area contributed by atoms with Gasteiger partial charge in [-0.3, -0.25) is 4.79 Å². The van der Waals surface area contributed by atoms with Crippen molar-refractivity contribution >= 4 is 27.5 Å². The number of rotatable bonds is 6. The lowest BCUT2D eigenvalue weighted by atomic mass is 10.1. The first-order valence-electron chi connectivity index (χ1n) is 8.17. The van der Waals surface area contributed by atoms with E-state index in [4.69, 9.17) is 4.74 Å². The summed E-state index contributed by atoms with van der Waals surface area (Å²) in [6.45, 7) is 4.35. The van der Waals surface area contributed by atoms with Crippen LogP contribution < -0.4 is 10.1 Å². The molecule has 0 bridgehead atoms. The fourth-order valence-corrected chi connectivity index (χ4v) is 2.99. The van der Waals surface area contributed by atoms with Crippen molar-refractivity contribution in [3.05, 3.63) is 64.7 Å². The Morgan fingerprint density at radius 2 is 1.96 bits per heavy atom. The highest BCUT2D eigenvalue weighted by Gasteiger charge is 2.10. The summed E-state index contributed by atoms with van der Waals surface area (Å²) in [5, 5.41) is 7.03. The zero-order valence-corrected chi connectivity index (χ0v) is 16.2. The first-order chi connectivity index (χ1) is 12.5. The minimum Gasteiger partial charge on any atom is -0.493 e. The molecule has 3 rings (SSSR count). The molecular weight excluding hydrogens is 396 g/mol. The van der Waals surface area contributed by atoms with Gasteiger partial charge in [-0.2, -0.15) is 5.10 Å². The van der Waals surface area contributed by atoms with E-state index in [-0.39, 0.29) is 12.3 Å². The molecule has 0 radical (unpaired) electrons. The Morgan fingerprint density at radius 1 is 1.19 bits per heavy atom. The van der Waals surface area contributed by atoms with Crippen LogP contribution >= 0.6 is 15.9 Å². The lowest BCUT2D eigenvalue weighted by molar-refractivity contribution is -0.116. The lowest BCUT2D eigenvalue weighted by Gasteiger charge is -2.12. The number of nitrogens with one attached hydrogen (secondary N) is 1. The highest BCUT2D eigenvalue weighted by molar-refractivity contribution is 9.10. The van der Waals surface area contributed by atoms with Crippen molar-refractivity contribution in [2.24, 2.45) is 0 Å². The molecule has 7 heteroatoms. The van der Waals surface area contributed by atoms with Gasteiger partial charge in [0, 0.05) is 4.47 Å². The molecular formula is C19H19BrN4O2. The van der Waals surface area contributed by atoms with Gasteiger partial charge in [0.15, 0.2) is 0 Å². The molecule has 0 aliphatic rings. The maximum Gasteiger partial charge on any atom is 0.227 e. The molecule has 1 aromatic heterocycles. The molecule has 1 N–H and O–H groups in total. The van der Waals surface area contributed by atoms with E-state index in [0.717, 1.165) is 27.0 Å². The fourth-order valence-electron chi connectivity index (χ4n) is 2.63. The van der Waals surface area contributed by atoms with Crippen molar-refractivity contribution in [1.82, 2.24) is 14.8 Å². The minimum atomic E-state index is -0.131. The molecule has 6 nitrogen and oxygen atoms in total. The quantitative estimate of drug-likeness (QED) is 0.660. The summed E-state index contributed by atoms with van der Waals surface area (Å²) in [6, 6.07) is 11.6. The number of amides is 1. The molecule has 0 unspecified atom stereocenters. The molecule has 1 heterocycles. The third-order valence-corrected chi connectivity index (χ3v) is 4.18. The lowest BCUT2D eigenvalue weighted by Crippen LogP contribution is -2.16. The smallest absolute Gasteiger partial charge is 0.227 e. The molecule has 0 aliphatic heterocycles. The maximum atomic E-state index is 12.3. The highest BCUT2D eigenvalue weighted by Crippen LogP contribution is 2.24. The van der Waals surface area contributed by atoms with E-state index in [9.17, 15) is 4.79 Å². The number of ether oxygens (including phenoxy) is 1. The largest absolute Gasteiger partial charge is 0.493 e. The summed E-state index contributed by atoms with van der Waals surface area (Å²) in [5.41, 5.74) is 3.67. The fraction of sp³-hybridized carbons (Fsp3) is 0.211. The van der Waals surface area contributed by atoms with Gasteiger partial charge in [0.2, 0.25) is 5.91 Å². The molecule has 134 valence electrons. The molecule has 0 spiro atoms. The van der Waals surface area contributed by atoms with Gasteiger partial charge in [-0.05, 0) is 55.3 Å². The van der Waals surface area contributed by atoms with Crippen molar-refractivity contribution in [1.29, 1.82) is 0 Å². The number of hydrogen-bond donors (Lipinski definition) is 1. The van der Waals surface area contributed by atoms with E-state index in [1.165, 1.54) is 6.33 Å². The van der Waals surface area contributed by atoms with Crippen LogP contribution in [0.2, 0.25) is 0 Å². The van der Waals surface area contributed by atoms with Crippen LogP contribution in [0.1, 0.15) is 17.5 Å². The van der Waals surface area contributed by atoms with Gasteiger partial charge in [-0.15, -0.1) is 0 Å². The number of nitrogens with zero attached hydrogens (tertiary/aromatic N) is 3. The average molecular weight is 415 g/mol. The predicted octanol–water partition coefficient (Wildman–Crippen LogP) is 4.05. The SMILES string of the molecule is Cc1cc(C)cc(OCCC(=O)Nc2cc(Br)ccc2-n2cncn2)c1. The number of carbonyl (C=O) groups excluding carboxylic acids is 1. The molecule has 0 atom stereocenters. The minimum absolute atomic E-state index is 0.131. The number of aryl methyl sites for hydroxylation is 2. The van der Waals surface area contributed by atoms with E-state index in [0.29, 0.717) is 12.3 Å². The Bertz CT molecular complexity index is 890. The van der Waals surface area contributed by atoms with Gasteiger partial charge in [0.05, 0.1) is 24.4 Å². The van der Waals surface area contributed by atoms with Crippen LogP contribution in [-0.4, -0.2) is 27.3 Å². The summed E-state index contributed by atoms with van der Waals surface area (Å²) in [6.07, 6.45) is 3.28. The number of hydrogen-bond acceptors (Lipinski definition) is 4. The number of aromatic nitrogens is 3. The predicted molar refractivity (Wildman–Crippen MR) is 104 cm³/mol. The standard InChI is InChI=1S/C19H19BrN4O2/c1-13-7-14(2)9-16(8-13)26-6-5-19(25)23-17-10-15(20)3-4-18(17)24-12-21-11-22-24/h3-4,7-12H,5-6H2,1-2H3,(H,23,25). The Hall–Kier alpha value is -2.67. The molecule has 0 aliphatic carbocycles. The maximum absolute atomic E-state index is 12.3. The summed E-state index contributed by atoms with van der Waals surface area (Å²) >= 11 is 3.42. The monoisotopic (exact) mass is 414 g/mol. The van der Waals surface area contributed by atoms with Crippen LogP contribution in [0.25, 0.3) is 5.69 Å². The molecule has 3 aromatic rings. The van der Waals surface area contributed by atoms with Gasteiger partial charge in [0.1, 0.15) is 18.4 Å². The second-order valence-electron chi connectivity index (χ2n) is 5.97. The van der Waals surface area contributed by atoms with Crippen molar-refractivity contribution in [3.63, 3.8) is 0 Å². The van der Waals surface area contributed by atoms with E-state index in [1.807, 2.05) is 44.2 Å². The molecule has 0 saturated heterocycles. The van der Waals surface area contributed by atoms with Gasteiger partial charge in [-0.1, -0.05) is 22.0 Å². The zero-order valence-electron chi connectivity index (χ0n) is 14.6. The normalized spacial score (nSPS) is 10.6. The van der Waals surface area contributed by atoms with Crippen molar-refractivity contribution in [3.8, 4) is 11.4 Å². The van der Waals surface area contributed by atoms with E-state index >= 15 is 0 Å². The Kier molecular flexibility index (Phi) is 5.68. The molecule has 0 saturated carbocycles. The van der Waals surface area contributed by atoms with Gasteiger partial charge in [-0.25, -0.2) is 9.67 Å². The summed E-state index contributed by atoms with van der Waals surface area (Å²) in [5.74, 6) is 0.648. The van der Waals surface area contributed by atoms with Crippen molar-refractivity contribution in [2.75, 3.05) is 11.9 Å². The highest BCUT2D eigenvalue weighted by atomic mass is 79.9. The number of carbonyl (C=O) groups is 1. The van der Waals surface area contributed by atoms with Gasteiger partial charge in [0.25, 0.3) is 0 Å². The van der Waals surface area contributed by atoms with Crippen LogP contribution in [0.4, 0.5) is 5.69 Å². The Balaban J connectivity index is 1.62. The van der Waals surface area contributed by atoms with E-state index in [1.54, 1.807) is 11.0 Å². The molecule has 0 fully saturated rings. The topological polar surface area (TPSA) is 69.0 Å². The number of benzene rings is 2. The second kappa shape index (κ2) is 8.14. The summed E-state index contributed by atoms with van der Waals surface area (Å²) in [7, 11) is 0. The third kappa shape index (κ3) is 4.70. The van der Waals surface area contributed by atoms with Gasteiger partial charge >= 0.3 is 0 Å². The Labute approximate surface area is 160 Å². The van der Waals surface area contributed by atoms with Crippen LogP contribution in [0.15, 0.2) is 53.5 Å². The Morgan fingerprint density at radius 3 is 2.65 bits per heavy atom. The molecule has 1 amide bonds. The summed E-state index contributed by atoms with van der Waals surface area (Å²) in [4.78, 5) is 16.3. The number of anilines is 1. The average Bonchev–Trinajstić information content (AvgIpc) is 3.08. The van der Waals surface area contributed by atoms with Crippen molar-refractivity contribution in [2.45, 2.75) is 20.3 Å². The molecule has 26 heavy (non-hydrogen) atoms. The van der Waals surface area contributed by atoms with Crippen molar-refractivity contribution < 1.29 is 9.53 Å².